The fourth-order valence-electron chi connectivity index (χ4n) is 3.02. The van der Waals surface area contributed by atoms with Gasteiger partial charge in [0.05, 0.1) is 65.4 Å². The third-order valence-corrected chi connectivity index (χ3v) is 5.28. The standard InChI is InChI=1S/C16H32O4.C15H30O3/c1-4-6-8-17-9-10-18-11-12-19-13-14-20-15-16(3)7-5-2;1-4-7-8-15(6-3)14-18-13-12-17-11-10-16-9-5-2/h15H,4-14H2,1-3H3;14H,4-13H2,1-3H3/b16-15+;15-14+. The first-order valence-corrected chi connectivity index (χ1v) is 15.1. The molecular weight excluding hydrogens is 484 g/mol. The highest BCUT2D eigenvalue weighted by Gasteiger charge is 1.95. The van der Waals surface area contributed by atoms with Gasteiger partial charge in [-0.05, 0) is 56.6 Å². The van der Waals surface area contributed by atoms with E-state index in [-0.39, 0.29) is 0 Å². The van der Waals surface area contributed by atoms with Gasteiger partial charge in [0.2, 0.25) is 0 Å². The average molecular weight is 547 g/mol. The lowest BCUT2D eigenvalue weighted by molar-refractivity contribution is 0.00608. The van der Waals surface area contributed by atoms with Gasteiger partial charge in [0.1, 0.15) is 13.2 Å². The Bertz CT molecular complexity index is 495. The van der Waals surface area contributed by atoms with Crippen molar-refractivity contribution in [2.24, 2.45) is 0 Å². The SMILES string of the molecule is CCCC/C(=C/OCCOCCOCCC)CC.CCCCOCCOCCOCCO/C=C(\C)CCC. The molecule has 0 aromatic heterocycles. The van der Waals surface area contributed by atoms with Crippen LogP contribution in [0.1, 0.15) is 99.3 Å². The van der Waals surface area contributed by atoms with E-state index in [2.05, 4.69) is 41.5 Å². The van der Waals surface area contributed by atoms with E-state index < -0.39 is 0 Å². The molecule has 0 heterocycles. The van der Waals surface area contributed by atoms with E-state index in [0.717, 1.165) is 51.7 Å². The van der Waals surface area contributed by atoms with Crippen molar-refractivity contribution in [2.45, 2.75) is 99.3 Å². The maximum absolute atomic E-state index is 5.48. The zero-order chi connectivity index (χ0) is 28.4. The van der Waals surface area contributed by atoms with Crippen LogP contribution in [0.15, 0.2) is 23.7 Å². The van der Waals surface area contributed by atoms with Gasteiger partial charge in [-0.15, -0.1) is 0 Å². The number of allylic oxidation sites excluding steroid dienone is 2. The number of hydrogen-bond donors (Lipinski definition) is 0. The van der Waals surface area contributed by atoms with Crippen LogP contribution < -0.4 is 0 Å². The topological polar surface area (TPSA) is 64.6 Å². The summed E-state index contributed by atoms with van der Waals surface area (Å²) in [5, 5.41) is 0. The predicted molar refractivity (Wildman–Crippen MR) is 158 cm³/mol. The summed E-state index contributed by atoms with van der Waals surface area (Å²) in [6.07, 6.45) is 14.0. The Morgan fingerprint density at radius 2 is 0.921 bits per heavy atom. The van der Waals surface area contributed by atoms with Gasteiger partial charge in [-0.3, -0.25) is 0 Å². The minimum absolute atomic E-state index is 0.598. The second-order valence-electron chi connectivity index (χ2n) is 9.10. The number of unbranched alkanes of at least 4 members (excludes halogenated alkanes) is 2. The van der Waals surface area contributed by atoms with Crippen LogP contribution in [0.25, 0.3) is 0 Å². The van der Waals surface area contributed by atoms with Crippen LogP contribution in [-0.2, 0) is 33.2 Å². The Labute approximate surface area is 235 Å². The molecule has 0 fully saturated rings. The van der Waals surface area contributed by atoms with Crippen molar-refractivity contribution in [2.75, 3.05) is 79.3 Å². The summed E-state index contributed by atoms with van der Waals surface area (Å²) in [4.78, 5) is 0. The van der Waals surface area contributed by atoms with Crippen LogP contribution in [0.4, 0.5) is 0 Å². The number of rotatable bonds is 28. The van der Waals surface area contributed by atoms with Gasteiger partial charge in [-0.25, -0.2) is 0 Å². The third kappa shape index (κ3) is 34.9. The van der Waals surface area contributed by atoms with E-state index in [1.165, 1.54) is 30.4 Å². The lowest BCUT2D eigenvalue weighted by Crippen LogP contribution is -2.11. The predicted octanol–water partition coefficient (Wildman–Crippen LogP) is 7.49. The van der Waals surface area contributed by atoms with Crippen molar-refractivity contribution in [1.82, 2.24) is 0 Å². The van der Waals surface area contributed by atoms with E-state index in [9.17, 15) is 0 Å². The molecule has 0 aliphatic rings. The molecule has 0 aliphatic heterocycles. The summed E-state index contributed by atoms with van der Waals surface area (Å²) < 4.78 is 37.7. The molecule has 7 heteroatoms. The summed E-state index contributed by atoms with van der Waals surface area (Å²) in [5.74, 6) is 0. The molecule has 228 valence electrons. The van der Waals surface area contributed by atoms with Gasteiger partial charge in [-0.2, -0.15) is 0 Å². The second kappa shape index (κ2) is 35.9. The zero-order valence-electron chi connectivity index (χ0n) is 25.9. The van der Waals surface area contributed by atoms with E-state index in [1.807, 2.05) is 12.5 Å². The Morgan fingerprint density at radius 3 is 1.39 bits per heavy atom. The van der Waals surface area contributed by atoms with Crippen LogP contribution in [-0.4, -0.2) is 79.3 Å². The lowest BCUT2D eigenvalue weighted by atomic mass is 10.1. The molecular formula is C31H62O7. The Hall–Kier alpha value is -1.12. The first kappa shape index (κ1) is 39.0. The van der Waals surface area contributed by atoms with Crippen molar-refractivity contribution < 1.29 is 33.2 Å². The van der Waals surface area contributed by atoms with E-state index in [1.54, 1.807) is 0 Å². The Morgan fingerprint density at radius 1 is 0.447 bits per heavy atom. The molecule has 0 unspecified atom stereocenters. The molecule has 0 N–H and O–H groups in total. The normalized spacial score (nSPS) is 11.8. The van der Waals surface area contributed by atoms with E-state index >= 15 is 0 Å². The molecule has 7 nitrogen and oxygen atoms in total. The quantitative estimate of drug-likeness (QED) is 0.0744. The van der Waals surface area contributed by atoms with Crippen molar-refractivity contribution in [3.63, 3.8) is 0 Å². The van der Waals surface area contributed by atoms with E-state index in [4.69, 9.17) is 33.2 Å². The summed E-state index contributed by atoms with van der Waals surface area (Å²) in [7, 11) is 0. The highest BCUT2D eigenvalue weighted by molar-refractivity contribution is 4.96. The van der Waals surface area contributed by atoms with E-state index in [0.29, 0.717) is 66.1 Å². The van der Waals surface area contributed by atoms with Gasteiger partial charge in [-0.1, -0.05) is 53.9 Å². The summed E-state index contributed by atoms with van der Waals surface area (Å²) in [6, 6.07) is 0. The number of ether oxygens (including phenoxy) is 7. The van der Waals surface area contributed by atoms with Crippen LogP contribution in [0.2, 0.25) is 0 Å². The molecule has 0 rings (SSSR count). The molecule has 0 aromatic carbocycles. The molecule has 0 atom stereocenters. The van der Waals surface area contributed by atoms with Gasteiger partial charge >= 0.3 is 0 Å². The fourth-order valence-corrected chi connectivity index (χ4v) is 3.02. The van der Waals surface area contributed by atoms with Gasteiger partial charge in [0.25, 0.3) is 0 Å². The molecule has 0 bridgehead atoms. The summed E-state index contributed by atoms with van der Waals surface area (Å²) >= 11 is 0. The minimum Gasteiger partial charge on any atom is -0.499 e. The van der Waals surface area contributed by atoms with Crippen LogP contribution in [0.5, 0.6) is 0 Å². The molecule has 0 amide bonds. The molecule has 0 aromatic rings. The molecule has 0 spiro atoms. The molecule has 0 aliphatic carbocycles. The lowest BCUT2D eigenvalue weighted by Gasteiger charge is -2.07. The molecule has 0 radical (unpaired) electrons. The molecule has 0 saturated carbocycles. The van der Waals surface area contributed by atoms with Crippen LogP contribution in [0, 0.1) is 0 Å². The third-order valence-electron chi connectivity index (χ3n) is 5.28. The number of hydrogen-bond acceptors (Lipinski definition) is 7. The zero-order valence-corrected chi connectivity index (χ0v) is 25.9. The second-order valence-corrected chi connectivity index (χ2v) is 9.10. The van der Waals surface area contributed by atoms with Crippen molar-refractivity contribution in [3.8, 4) is 0 Å². The monoisotopic (exact) mass is 546 g/mol. The largest absolute Gasteiger partial charge is 0.499 e. The first-order chi connectivity index (χ1) is 18.7. The minimum atomic E-state index is 0.598. The fraction of sp³-hybridized carbons (Fsp3) is 0.871. The highest BCUT2D eigenvalue weighted by atomic mass is 16.6. The van der Waals surface area contributed by atoms with Gasteiger partial charge < -0.3 is 33.2 Å². The van der Waals surface area contributed by atoms with Crippen molar-refractivity contribution in [1.29, 1.82) is 0 Å². The Balaban J connectivity index is 0. The molecule has 0 saturated heterocycles. The Kier molecular flexibility index (Phi) is 36.8. The average Bonchev–Trinajstić information content (AvgIpc) is 2.92. The highest BCUT2D eigenvalue weighted by Crippen LogP contribution is 2.10. The van der Waals surface area contributed by atoms with Gasteiger partial charge in [0, 0.05) is 13.2 Å². The smallest absolute Gasteiger partial charge is 0.111 e. The van der Waals surface area contributed by atoms with Crippen LogP contribution >= 0.6 is 0 Å². The van der Waals surface area contributed by atoms with Crippen molar-refractivity contribution >= 4 is 0 Å². The first-order valence-electron chi connectivity index (χ1n) is 15.1. The summed E-state index contributed by atoms with van der Waals surface area (Å²) in [6.45, 7) is 20.9. The molecule has 38 heavy (non-hydrogen) atoms. The van der Waals surface area contributed by atoms with Crippen LogP contribution in [0.3, 0.4) is 0 Å². The van der Waals surface area contributed by atoms with Crippen molar-refractivity contribution in [3.05, 3.63) is 23.7 Å². The maximum Gasteiger partial charge on any atom is 0.111 e. The summed E-state index contributed by atoms with van der Waals surface area (Å²) in [5.41, 5.74) is 2.67. The maximum atomic E-state index is 5.48. The van der Waals surface area contributed by atoms with Gasteiger partial charge in [0.15, 0.2) is 0 Å².